The normalized spacial score (nSPS) is 11.0. The zero-order chi connectivity index (χ0) is 20.3. The van der Waals surface area contributed by atoms with Gasteiger partial charge >= 0.3 is 0 Å². The van der Waals surface area contributed by atoms with Crippen LogP contribution in [0.2, 0.25) is 0 Å². The third-order valence-corrected chi connectivity index (χ3v) is 5.61. The van der Waals surface area contributed by atoms with Crippen LogP contribution in [0, 0.1) is 0 Å². The van der Waals surface area contributed by atoms with Gasteiger partial charge in [-0.1, -0.05) is 61.5 Å². The summed E-state index contributed by atoms with van der Waals surface area (Å²) < 4.78 is 0. The Kier molecular flexibility index (Phi) is 4.82. The molecular weight excluding hydrogens is 364 g/mol. The Morgan fingerprint density at radius 3 is 1.83 bits per heavy atom. The minimum Gasteiger partial charge on any atom is -0.265 e. The first-order chi connectivity index (χ1) is 14.8. The van der Waals surface area contributed by atoms with Crippen molar-refractivity contribution in [1.29, 1.82) is 0 Å². The molecule has 0 unspecified atom stereocenters. The SMILES string of the molecule is CCc1ccc(-c2ccc3ccc(-c4ccc(-c5ccncc5)nc4)cc3c2)cc1. The maximum Gasteiger partial charge on any atom is 0.0703 e. The van der Waals surface area contributed by atoms with Crippen LogP contribution in [0.3, 0.4) is 0 Å². The van der Waals surface area contributed by atoms with Crippen molar-refractivity contribution in [2.75, 3.05) is 0 Å². The molecule has 0 saturated carbocycles. The van der Waals surface area contributed by atoms with Crippen molar-refractivity contribution < 1.29 is 0 Å². The maximum absolute atomic E-state index is 4.66. The first kappa shape index (κ1) is 18.3. The van der Waals surface area contributed by atoms with Gasteiger partial charge in [0.15, 0.2) is 0 Å². The molecule has 0 fully saturated rings. The molecule has 0 N–H and O–H groups in total. The first-order valence-electron chi connectivity index (χ1n) is 10.3. The summed E-state index contributed by atoms with van der Waals surface area (Å²) >= 11 is 0. The van der Waals surface area contributed by atoms with Crippen LogP contribution in [0.1, 0.15) is 12.5 Å². The summed E-state index contributed by atoms with van der Waals surface area (Å²) in [7, 11) is 0. The van der Waals surface area contributed by atoms with Gasteiger partial charge in [0, 0.05) is 29.7 Å². The van der Waals surface area contributed by atoms with Gasteiger partial charge in [-0.15, -0.1) is 0 Å². The number of aromatic nitrogens is 2. The summed E-state index contributed by atoms with van der Waals surface area (Å²) in [5.41, 5.74) is 8.19. The molecule has 2 heterocycles. The topological polar surface area (TPSA) is 25.8 Å². The molecule has 5 aromatic rings. The van der Waals surface area contributed by atoms with E-state index >= 15 is 0 Å². The Labute approximate surface area is 176 Å². The van der Waals surface area contributed by atoms with Crippen molar-refractivity contribution in [2.45, 2.75) is 13.3 Å². The van der Waals surface area contributed by atoms with Crippen LogP contribution in [0.25, 0.3) is 44.3 Å². The molecule has 2 heteroatoms. The first-order valence-corrected chi connectivity index (χ1v) is 10.3. The summed E-state index contributed by atoms with van der Waals surface area (Å²) in [6.45, 7) is 2.19. The highest BCUT2D eigenvalue weighted by Gasteiger charge is 2.05. The molecule has 5 rings (SSSR count). The Bertz CT molecular complexity index is 1290. The Morgan fingerprint density at radius 2 is 1.20 bits per heavy atom. The number of hydrogen-bond acceptors (Lipinski definition) is 2. The molecule has 0 aliphatic heterocycles. The second-order valence-corrected chi connectivity index (χ2v) is 7.50. The molecule has 0 radical (unpaired) electrons. The van der Waals surface area contributed by atoms with Crippen molar-refractivity contribution >= 4 is 10.8 Å². The lowest BCUT2D eigenvalue weighted by Crippen LogP contribution is -1.86. The highest BCUT2D eigenvalue weighted by molar-refractivity contribution is 5.91. The lowest BCUT2D eigenvalue weighted by atomic mass is 9.97. The molecule has 30 heavy (non-hydrogen) atoms. The third kappa shape index (κ3) is 3.60. The van der Waals surface area contributed by atoms with Crippen LogP contribution in [0.4, 0.5) is 0 Å². The molecule has 0 saturated heterocycles. The molecule has 0 spiro atoms. The highest BCUT2D eigenvalue weighted by Crippen LogP contribution is 2.29. The van der Waals surface area contributed by atoms with Crippen LogP contribution >= 0.6 is 0 Å². The van der Waals surface area contributed by atoms with Crippen LogP contribution in [0.15, 0.2) is 104 Å². The number of aryl methyl sites for hydroxylation is 1. The molecule has 0 bridgehead atoms. The van der Waals surface area contributed by atoms with Crippen molar-refractivity contribution in [3.8, 4) is 33.5 Å². The van der Waals surface area contributed by atoms with Gasteiger partial charge in [-0.3, -0.25) is 9.97 Å². The predicted octanol–water partition coefficient (Wildman–Crippen LogP) is 7.19. The number of hydrogen-bond donors (Lipinski definition) is 0. The largest absolute Gasteiger partial charge is 0.265 e. The average molecular weight is 386 g/mol. The third-order valence-electron chi connectivity index (χ3n) is 5.61. The molecule has 0 aliphatic carbocycles. The molecule has 2 aromatic heterocycles. The van der Waals surface area contributed by atoms with E-state index in [1.165, 1.54) is 33.0 Å². The van der Waals surface area contributed by atoms with Crippen LogP contribution < -0.4 is 0 Å². The maximum atomic E-state index is 4.66. The zero-order valence-electron chi connectivity index (χ0n) is 16.9. The van der Waals surface area contributed by atoms with E-state index in [1.54, 1.807) is 12.4 Å². The molecule has 0 amide bonds. The van der Waals surface area contributed by atoms with E-state index in [0.29, 0.717) is 0 Å². The molecule has 0 aliphatic rings. The van der Waals surface area contributed by atoms with Crippen molar-refractivity contribution in [3.63, 3.8) is 0 Å². The van der Waals surface area contributed by atoms with E-state index < -0.39 is 0 Å². The summed E-state index contributed by atoms with van der Waals surface area (Å²) in [5.74, 6) is 0. The summed E-state index contributed by atoms with van der Waals surface area (Å²) in [4.78, 5) is 8.73. The standard InChI is InChI=1S/C28H22N2/c1-2-20-3-5-21(6-4-20)24-9-7-22-8-10-25(18-27(22)17-24)26-11-12-28(30-19-26)23-13-15-29-16-14-23/h3-19H,2H2,1H3. The van der Waals surface area contributed by atoms with Gasteiger partial charge in [-0.25, -0.2) is 0 Å². The number of rotatable bonds is 4. The number of benzene rings is 3. The van der Waals surface area contributed by atoms with Gasteiger partial charge in [0.2, 0.25) is 0 Å². The van der Waals surface area contributed by atoms with Gasteiger partial charge in [0.25, 0.3) is 0 Å². The average Bonchev–Trinajstić information content (AvgIpc) is 2.84. The molecule has 144 valence electrons. The quantitative estimate of drug-likeness (QED) is 0.326. The second kappa shape index (κ2) is 7.92. The van der Waals surface area contributed by atoms with E-state index in [1.807, 2.05) is 18.3 Å². The molecule has 3 aromatic carbocycles. The highest BCUT2D eigenvalue weighted by atomic mass is 14.7. The minimum atomic E-state index is 0.958. The van der Waals surface area contributed by atoms with Crippen molar-refractivity contribution in [2.24, 2.45) is 0 Å². The molecule has 2 nitrogen and oxygen atoms in total. The fourth-order valence-corrected chi connectivity index (χ4v) is 3.80. The fraction of sp³-hybridized carbons (Fsp3) is 0.0714. The summed E-state index contributed by atoms with van der Waals surface area (Å²) in [6.07, 6.45) is 6.60. The number of nitrogens with zero attached hydrogens (tertiary/aromatic N) is 2. The van der Waals surface area contributed by atoms with E-state index in [2.05, 4.69) is 89.7 Å². The van der Waals surface area contributed by atoms with Gasteiger partial charge in [-0.2, -0.15) is 0 Å². The number of pyridine rings is 2. The Balaban J connectivity index is 1.49. The van der Waals surface area contributed by atoms with E-state index in [4.69, 9.17) is 0 Å². The van der Waals surface area contributed by atoms with Crippen LogP contribution in [0.5, 0.6) is 0 Å². The smallest absolute Gasteiger partial charge is 0.0703 e. The summed E-state index contributed by atoms with van der Waals surface area (Å²) in [5, 5.41) is 2.48. The van der Waals surface area contributed by atoms with Gasteiger partial charge < -0.3 is 0 Å². The van der Waals surface area contributed by atoms with Crippen LogP contribution in [-0.2, 0) is 6.42 Å². The van der Waals surface area contributed by atoms with E-state index in [-0.39, 0.29) is 0 Å². The fourth-order valence-electron chi connectivity index (χ4n) is 3.80. The van der Waals surface area contributed by atoms with Gasteiger partial charge in [-0.05, 0) is 69.8 Å². The predicted molar refractivity (Wildman–Crippen MR) is 125 cm³/mol. The van der Waals surface area contributed by atoms with Crippen LogP contribution in [-0.4, -0.2) is 9.97 Å². The minimum absolute atomic E-state index is 0.958. The van der Waals surface area contributed by atoms with Crippen molar-refractivity contribution in [3.05, 3.63) is 109 Å². The van der Waals surface area contributed by atoms with Crippen molar-refractivity contribution in [1.82, 2.24) is 9.97 Å². The lowest BCUT2D eigenvalue weighted by Gasteiger charge is -2.08. The molecular formula is C28H22N2. The zero-order valence-corrected chi connectivity index (χ0v) is 16.9. The summed E-state index contributed by atoms with van der Waals surface area (Å²) in [6, 6.07) is 30.3. The molecule has 0 atom stereocenters. The van der Waals surface area contributed by atoms with Gasteiger partial charge in [0.05, 0.1) is 5.69 Å². The lowest BCUT2D eigenvalue weighted by molar-refractivity contribution is 1.14. The van der Waals surface area contributed by atoms with E-state index in [9.17, 15) is 0 Å². The Hall–Kier alpha value is -3.78. The Morgan fingerprint density at radius 1 is 0.567 bits per heavy atom. The van der Waals surface area contributed by atoms with Gasteiger partial charge in [0.1, 0.15) is 0 Å². The second-order valence-electron chi connectivity index (χ2n) is 7.50. The monoisotopic (exact) mass is 386 g/mol. The number of fused-ring (bicyclic) bond motifs is 1. The van der Waals surface area contributed by atoms with E-state index in [0.717, 1.165) is 23.2 Å².